The lowest BCUT2D eigenvalue weighted by Gasteiger charge is -2.36. The van der Waals surface area contributed by atoms with Crippen LogP contribution < -0.4 is 16.4 Å². The first-order valence-corrected chi connectivity index (χ1v) is 6.48. The minimum atomic E-state index is -1.32. The van der Waals surface area contributed by atoms with E-state index in [4.69, 9.17) is 5.73 Å². The lowest BCUT2D eigenvalue weighted by molar-refractivity contribution is -0.134. The number of aliphatic hydroxyl groups excluding tert-OH is 1. The summed E-state index contributed by atoms with van der Waals surface area (Å²) in [7, 11) is 0. The van der Waals surface area contributed by atoms with Crippen LogP contribution in [0.25, 0.3) is 0 Å². The molecule has 1 rings (SSSR count). The van der Waals surface area contributed by atoms with E-state index >= 15 is 0 Å². The van der Waals surface area contributed by atoms with Crippen LogP contribution in [0.5, 0.6) is 0 Å². The van der Waals surface area contributed by atoms with Crippen molar-refractivity contribution in [3.05, 3.63) is 0 Å². The standard InChI is InChI=1S/C12H23N3O3/c1-2-4-12(5-3-6-14-8-12)11(18)15-7-9(16)10(13)17/h9,14,16H,2-8H2,1H3,(H2,13,17)(H,15,18). The van der Waals surface area contributed by atoms with Crippen molar-refractivity contribution in [1.82, 2.24) is 10.6 Å². The molecule has 18 heavy (non-hydrogen) atoms. The monoisotopic (exact) mass is 257 g/mol. The Morgan fingerprint density at radius 3 is 2.78 bits per heavy atom. The smallest absolute Gasteiger partial charge is 0.248 e. The maximum Gasteiger partial charge on any atom is 0.248 e. The average molecular weight is 257 g/mol. The average Bonchev–Trinajstić information content (AvgIpc) is 2.36. The van der Waals surface area contributed by atoms with Gasteiger partial charge in [0.1, 0.15) is 6.10 Å². The van der Waals surface area contributed by atoms with Crippen LogP contribution >= 0.6 is 0 Å². The molecule has 1 aliphatic rings. The molecule has 0 radical (unpaired) electrons. The van der Waals surface area contributed by atoms with Crippen LogP contribution in [0.4, 0.5) is 0 Å². The van der Waals surface area contributed by atoms with Crippen molar-refractivity contribution in [1.29, 1.82) is 0 Å². The van der Waals surface area contributed by atoms with Crippen molar-refractivity contribution in [2.24, 2.45) is 11.1 Å². The zero-order valence-corrected chi connectivity index (χ0v) is 10.9. The molecular weight excluding hydrogens is 234 g/mol. The second-order valence-electron chi connectivity index (χ2n) is 4.94. The summed E-state index contributed by atoms with van der Waals surface area (Å²) < 4.78 is 0. The van der Waals surface area contributed by atoms with E-state index in [9.17, 15) is 14.7 Å². The molecule has 1 aliphatic heterocycles. The number of hydrogen-bond donors (Lipinski definition) is 4. The minimum absolute atomic E-state index is 0.100. The zero-order valence-electron chi connectivity index (χ0n) is 10.9. The molecule has 5 N–H and O–H groups in total. The summed E-state index contributed by atoms with van der Waals surface area (Å²) in [6.45, 7) is 3.52. The predicted octanol–water partition coefficient (Wildman–Crippen LogP) is -0.881. The number of carbonyl (C=O) groups excluding carboxylic acids is 2. The Kier molecular flexibility index (Phi) is 5.55. The van der Waals surface area contributed by atoms with Crippen molar-refractivity contribution in [2.45, 2.75) is 38.7 Å². The number of rotatable bonds is 6. The molecule has 0 bridgehead atoms. The summed E-state index contributed by atoms with van der Waals surface area (Å²) in [5, 5.41) is 15.1. The largest absolute Gasteiger partial charge is 0.381 e. The van der Waals surface area contributed by atoms with Crippen LogP contribution in [0.1, 0.15) is 32.6 Å². The maximum atomic E-state index is 12.2. The third-order valence-electron chi connectivity index (χ3n) is 3.47. The van der Waals surface area contributed by atoms with Gasteiger partial charge in [0.05, 0.1) is 12.0 Å². The van der Waals surface area contributed by atoms with E-state index in [0.29, 0.717) is 6.54 Å². The molecule has 6 heteroatoms. The lowest BCUT2D eigenvalue weighted by Crippen LogP contribution is -2.52. The molecule has 0 aromatic rings. The van der Waals surface area contributed by atoms with Crippen molar-refractivity contribution < 1.29 is 14.7 Å². The van der Waals surface area contributed by atoms with Crippen LogP contribution in [-0.4, -0.2) is 42.7 Å². The van der Waals surface area contributed by atoms with Crippen molar-refractivity contribution >= 4 is 11.8 Å². The summed E-state index contributed by atoms with van der Waals surface area (Å²) >= 11 is 0. The molecule has 0 aromatic heterocycles. The van der Waals surface area contributed by atoms with Crippen LogP contribution in [0.3, 0.4) is 0 Å². The Balaban J connectivity index is 2.57. The Hall–Kier alpha value is -1.14. The van der Waals surface area contributed by atoms with Gasteiger partial charge in [-0.15, -0.1) is 0 Å². The highest BCUT2D eigenvalue weighted by molar-refractivity contribution is 5.84. The molecule has 2 amide bonds. The van der Waals surface area contributed by atoms with Gasteiger partial charge in [-0.2, -0.15) is 0 Å². The molecule has 104 valence electrons. The Morgan fingerprint density at radius 1 is 1.56 bits per heavy atom. The summed E-state index contributed by atoms with van der Waals surface area (Å²) in [5.74, 6) is -0.918. The Morgan fingerprint density at radius 2 is 2.28 bits per heavy atom. The molecule has 0 aliphatic carbocycles. The third kappa shape index (κ3) is 3.68. The van der Waals surface area contributed by atoms with Crippen LogP contribution in [0.15, 0.2) is 0 Å². The fraction of sp³-hybridized carbons (Fsp3) is 0.833. The van der Waals surface area contributed by atoms with E-state index in [-0.39, 0.29) is 12.5 Å². The number of amides is 2. The molecule has 2 atom stereocenters. The van der Waals surface area contributed by atoms with Crippen LogP contribution in [-0.2, 0) is 9.59 Å². The molecule has 1 fully saturated rings. The Labute approximate surface area is 107 Å². The molecule has 0 saturated carbocycles. The first-order valence-electron chi connectivity index (χ1n) is 6.48. The van der Waals surface area contributed by atoms with E-state index in [1.807, 2.05) is 6.92 Å². The molecule has 0 spiro atoms. The van der Waals surface area contributed by atoms with Gasteiger partial charge in [-0.3, -0.25) is 9.59 Å². The van der Waals surface area contributed by atoms with Gasteiger partial charge in [0.2, 0.25) is 11.8 Å². The lowest BCUT2D eigenvalue weighted by atomic mass is 9.76. The molecule has 1 saturated heterocycles. The van der Waals surface area contributed by atoms with Gasteiger partial charge >= 0.3 is 0 Å². The van der Waals surface area contributed by atoms with Gasteiger partial charge in [-0.05, 0) is 25.8 Å². The quantitative estimate of drug-likeness (QED) is 0.496. The second-order valence-corrected chi connectivity index (χ2v) is 4.94. The van der Waals surface area contributed by atoms with E-state index in [1.165, 1.54) is 0 Å². The highest BCUT2D eigenvalue weighted by Gasteiger charge is 2.38. The van der Waals surface area contributed by atoms with Gasteiger partial charge < -0.3 is 21.5 Å². The third-order valence-corrected chi connectivity index (χ3v) is 3.47. The summed E-state index contributed by atoms with van der Waals surface area (Å²) in [4.78, 5) is 22.9. The maximum absolute atomic E-state index is 12.2. The predicted molar refractivity (Wildman–Crippen MR) is 67.7 cm³/mol. The van der Waals surface area contributed by atoms with E-state index < -0.39 is 17.4 Å². The zero-order chi connectivity index (χ0) is 13.6. The number of aliphatic hydroxyl groups is 1. The number of primary amides is 1. The topological polar surface area (TPSA) is 104 Å². The minimum Gasteiger partial charge on any atom is -0.381 e. The van der Waals surface area contributed by atoms with Crippen molar-refractivity contribution in [3.63, 3.8) is 0 Å². The van der Waals surface area contributed by atoms with Gasteiger partial charge in [0.15, 0.2) is 0 Å². The number of carbonyl (C=O) groups is 2. The number of nitrogens with one attached hydrogen (secondary N) is 2. The van der Waals surface area contributed by atoms with Crippen LogP contribution in [0, 0.1) is 5.41 Å². The van der Waals surface area contributed by atoms with Crippen molar-refractivity contribution in [2.75, 3.05) is 19.6 Å². The van der Waals surface area contributed by atoms with Gasteiger partial charge in [0, 0.05) is 6.54 Å². The Bertz CT molecular complexity index is 295. The molecule has 6 nitrogen and oxygen atoms in total. The van der Waals surface area contributed by atoms with E-state index in [1.54, 1.807) is 0 Å². The second kappa shape index (κ2) is 6.70. The van der Waals surface area contributed by atoms with E-state index in [2.05, 4.69) is 10.6 Å². The number of nitrogens with two attached hydrogens (primary N) is 1. The van der Waals surface area contributed by atoms with Crippen LogP contribution in [0.2, 0.25) is 0 Å². The molecule has 1 heterocycles. The summed E-state index contributed by atoms with van der Waals surface area (Å²) in [6, 6.07) is 0. The van der Waals surface area contributed by atoms with Gasteiger partial charge in [-0.1, -0.05) is 13.3 Å². The van der Waals surface area contributed by atoms with Gasteiger partial charge in [0.25, 0.3) is 0 Å². The molecule has 0 aromatic carbocycles. The molecule has 2 unspecified atom stereocenters. The van der Waals surface area contributed by atoms with Crippen molar-refractivity contribution in [3.8, 4) is 0 Å². The van der Waals surface area contributed by atoms with E-state index in [0.717, 1.165) is 32.2 Å². The highest BCUT2D eigenvalue weighted by atomic mass is 16.3. The summed E-state index contributed by atoms with van der Waals surface area (Å²) in [6.07, 6.45) is 2.22. The first kappa shape index (κ1) is 14.9. The SMILES string of the molecule is CCCC1(C(=O)NCC(O)C(N)=O)CCCNC1. The fourth-order valence-electron chi connectivity index (χ4n) is 2.44. The summed E-state index contributed by atoms with van der Waals surface area (Å²) in [5.41, 5.74) is 4.53. The molecular formula is C12H23N3O3. The van der Waals surface area contributed by atoms with Gasteiger partial charge in [-0.25, -0.2) is 0 Å². The normalized spacial score (nSPS) is 25.4. The number of piperidine rings is 1. The first-order chi connectivity index (χ1) is 8.52. The fourth-order valence-corrected chi connectivity index (χ4v) is 2.44. The number of hydrogen-bond acceptors (Lipinski definition) is 4. The highest BCUT2D eigenvalue weighted by Crippen LogP contribution is 2.31.